The number of esters is 1. The summed E-state index contributed by atoms with van der Waals surface area (Å²) in [5.41, 5.74) is -0.131. The number of rotatable bonds is 6. The number of hydrogen-bond acceptors (Lipinski definition) is 6. The van der Waals surface area contributed by atoms with Gasteiger partial charge in [-0.1, -0.05) is 19.0 Å². The second kappa shape index (κ2) is 6.11. The summed E-state index contributed by atoms with van der Waals surface area (Å²) >= 11 is 0. The third-order valence-electron chi connectivity index (χ3n) is 3.81. The van der Waals surface area contributed by atoms with Gasteiger partial charge < -0.3 is 13.7 Å². The van der Waals surface area contributed by atoms with Gasteiger partial charge in [-0.15, -0.1) is 0 Å². The number of nitrogens with zero attached hydrogens (tertiary/aromatic N) is 2. The Morgan fingerprint density at radius 3 is 2.57 bits per heavy atom. The number of carbonyl (C=O) groups is 1. The van der Waals surface area contributed by atoms with E-state index in [-0.39, 0.29) is 5.97 Å². The summed E-state index contributed by atoms with van der Waals surface area (Å²) in [7, 11) is 0. The smallest absolute Gasteiger partial charge is 0.321 e. The Labute approximate surface area is 123 Å². The van der Waals surface area contributed by atoms with Crippen molar-refractivity contribution in [1.82, 2.24) is 10.1 Å². The van der Waals surface area contributed by atoms with Crippen LogP contribution in [0.25, 0.3) is 11.4 Å². The van der Waals surface area contributed by atoms with Crippen LogP contribution < -0.4 is 0 Å². The maximum atomic E-state index is 12.3. The highest BCUT2D eigenvalue weighted by atomic mass is 16.5. The second-order valence-electron chi connectivity index (χ2n) is 4.82. The Hall–Kier alpha value is -2.11. The van der Waals surface area contributed by atoms with Gasteiger partial charge in [0.25, 0.3) is 0 Å². The maximum Gasteiger partial charge on any atom is 0.321 e. The molecule has 21 heavy (non-hydrogen) atoms. The van der Waals surface area contributed by atoms with Crippen molar-refractivity contribution in [2.24, 2.45) is 0 Å². The van der Waals surface area contributed by atoms with Crippen molar-refractivity contribution in [2.75, 3.05) is 6.61 Å². The van der Waals surface area contributed by atoms with Gasteiger partial charge in [0, 0.05) is 0 Å². The molecular weight excluding hydrogens is 272 g/mol. The lowest BCUT2D eigenvalue weighted by Gasteiger charge is -2.24. The summed E-state index contributed by atoms with van der Waals surface area (Å²) in [5.74, 6) is 1.10. The van der Waals surface area contributed by atoms with E-state index in [1.807, 2.05) is 20.8 Å². The average molecular weight is 292 g/mol. The van der Waals surface area contributed by atoms with Gasteiger partial charge in [-0.2, -0.15) is 4.98 Å². The van der Waals surface area contributed by atoms with Gasteiger partial charge in [0.05, 0.1) is 18.4 Å². The Bertz CT molecular complexity index is 611. The molecule has 0 amide bonds. The van der Waals surface area contributed by atoms with E-state index in [4.69, 9.17) is 13.7 Å². The molecule has 0 saturated heterocycles. The minimum atomic E-state index is -0.890. The third-order valence-corrected chi connectivity index (χ3v) is 3.81. The van der Waals surface area contributed by atoms with E-state index >= 15 is 0 Å². The fraction of sp³-hybridized carbons (Fsp3) is 0.533. The Balaban J connectivity index is 2.41. The quantitative estimate of drug-likeness (QED) is 0.760. The van der Waals surface area contributed by atoms with Crippen molar-refractivity contribution < 1.29 is 18.5 Å². The molecule has 0 aromatic carbocycles. The predicted molar refractivity (Wildman–Crippen MR) is 75.6 cm³/mol. The maximum absolute atomic E-state index is 12.3. The molecule has 0 fully saturated rings. The summed E-state index contributed by atoms with van der Waals surface area (Å²) in [5, 5.41) is 3.97. The summed E-state index contributed by atoms with van der Waals surface area (Å²) in [4.78, 5) is 16.7. The van der Waals surface area contributed by atoms with Crippen LogP contribution in [0.1, 0.15) is 45.3 Å². The van der Waals surface area contributed by atoms with Crippen LogP contribution in [0.3, 0.4) is 0 Å². The van der Waals surface area contributed by atoms with E-state index in [0.717, 1.165) is 5.56 Å². The molecule has 6 nitrogen and oxygen atoms in total. The van der Waals surface area contributed by atoms with Crippen LogP contribution in [0, 0.1) is 6.92 Å². The third kappa shape index (κ3) is 2.57. The number of furan rings is 1. The zero-order valence-corrected chi connectivity index (χ0v) is 12.8. The number of aromatic nitrogens is 2. The average Bonchev–Trinajstić information content (AvgIpc) is 3.10. The molecule has 6 heteroatoms. The monoisotopic (exact) mass is 292 g/mol. The lowest BCUT2D eigenvalue weighted by Crippen LogP contribution is -2.36. The molecule has 0 aliphatic heterocycles. The number of ether oxygens (including phenoxy) is 1. The van der Waals surface area contributed by atoms with E-state index in [9.17, 15) is 4.79 Å². The molecule has 114 valence electrons. The van der Waals surface area contributed by atoms with Crippen LogP contribution in [-0.2, 0) is 14.9 Å². The molecule has 0 spiro atoms. The van der Waals surface area contributed by atoms with Crippen LogP contribution in [0.2, 0.25) is 0 Å². The first kappa shape index (κ1) is 15.3. The first-order valence-corrected chi connectivity index (χ1v) is 7.14. The predicted octanol–water partition coefficient (Wildman–Crippen LogP) is 3.26. The van der Waals surface area contributed by atoms with Gasteiger partial charge in [-0.3, -0.25) is 4.79 Å². The van der Waals surface area contributed by atoms with Crippen LogP contribution in [0.15, 0.2) is 21.3 Å². The van der Waals surface area contributed by atoms with Gasteiger partial charge in [0.15, 0.2) is 0 Å². The van der Waals surface area contributed by atoms with Gasteiger partial charge in [-0.25, -0.2) is 0 Å². The van der Waals surface area contributed by atoms with E-state index in [0.29, 0.717) is 36.9 Å². The lowest BCUT2D eigenvalue weighted by atomic mass is 9.82. The summed E-state index contributed by atoms with van der Waals surface area (Å²) in [6.07, 6.45) is 2.64. The number of hydrogen-bond donors (Lipinski definition) is 0. The molecule has 0 bridgehead atoms. The number of carbonyl (C=O) groups excluding carboxylic acids is 1. The van der Waals surface area contributed by atoms with Crippen LogP contribution in [0.5, 0.6) is 0 Å². The minimum Gasteiger partial charge on any atom is -0.469 e. The first-order valence-electron chi connectivity index (χ1n) is 7.14. The molecule has 2 aromatic heterocycles. The van der Waals surface area contributed by atoms with E-state index in [2.05, 4.69) is 10.1 Å². The van der Waals surface area contributed by atoms with Crippen molar-refractivity contribution in [3.8, 4) is 11.4 Å². The van der Waals surface area contributed by atoms with Crippen molar-refractivity contribution in [2.45, 2.75) is 46.0 Å². The zero-order valence-electron chi connectivity index (χ0n) is 12.8. The first-order chi connectivity index (χ1) is 10.1. The molecule has 2 aromatic rings. The molecule has 0 unspecified atom stereocenters. The fourth-order valence-corrected chi connectivity index (χ4v) is 2.34. The Kier molecular flexibility index (Phi) is 4.45. The summed E-state index contributed by atoms with van der Waals surface area (Å²) in [6, 6.07) is 1.77. The molecule has 0 N–H and O–H groups in total. The highest BCUT2D eigenvalue weighted by Gasteiger charge is 2.44. The Morgan fingerprint density at radius 1 is 1.33 bits per heavy atom. The fourth-order valence-electron chi connectivity index (χ4n) is 2.34. The van der Waals surface area contributed by atoms with Crippen molar-refractivity contribution >= 4 is 5.97 Å². The van der Waals surface area contributed by atoms with Gasteiger partial charge >= 0.3 is 5.97 Å². The second-order valence-corrected chi connectivity index (χ2v) is 4.82. The van der Waals surface area contributed by atoms with E-state index < -0.39 is 5.41 Å². The highest BCUT2D eigenvalue weighted by molar-refractivity contribution is 5.81. The van der Waals surface area contributed by atoms with Gasteiger partial charge in [-0.05, 0) is 32.8 Å². The van der Waals surface area contributed by atoms with Gasteiger partial charge in [0.1, 0.15) is 11.2 Å². The molecule has 2 heterocycles. The van der Waals surface area contributed by atoms with E-state index in [1.54, 1.807) is 19.3 Å². The minimum absolute atomic E-state index is 0.293. The summed E-state index contributed by atoms with van der Waals surface area (Å²) in [6.45, 7) is 7.74. The van der Waals surface area contributed by atoms with Crippen molar-refractivity contribution in [1.29, 1.82) is 0 Å². The molecule has 0 aliphatic rings. The largest absolute Gasteiger partial charge is 0.469 e. The van der Waals surface area contributed by atoms with E-state index in [1.165, 1.54) is 0 Å². The summed E-state index contributed by atoms with van der Waals surface area (Å²) < 4.78 is 15.8. The van der Waals surface area contributed by atoms with Gasteiger partial charge in [0.2, 0.25) is 11.7 Å². The molecule has 0 atom stereocenters. The topological polar surface area (TPSA) is 78.4 Å². The molecule has 0 aliphatic carbocycles. The zero-order chi connectivity index (χ0) is 15.5. The van der Waals surface area contributed by atoms with Crippen molar-refractivity contribution in [3.05, 3.63) is 24.0 Å². The molecule has 0 saturated carbocycles. The normalized spacial score (nSPS) is 11.6. The molecule has 0 radical (unpaired) electrons. The number of aryl methyl sites for hydroxylation is 1. The van der Waals surface area contributed by atoms with Crippen LogP contribution >= 0.6 is 0 Å². The Morgan fingerprint density at radius 2 is 2.05 bits per heavy atom. The van der Waals surface area contributed by atoms with Crippen LogP contribution in [0.4, 0.5) is 0 Å². The SMILES string of the molecule is CCOC(=O)C(CC)(CC)c1nc(-c2ccoc2C)no1. The standard InChI is InChI=1S/C15H20N2O4/c1-5-15(6-2,14(18)19-7-3)13-16-12(17-21-13)11-8-9-20-10(11)4/h8-9H,5-7H2,1-4H3. The highest BCUT2D eigenvalue weighted by Crippen LogP contribution is 2.33. The van der Waals surface area contributed by atoms with Crippen molar-refractivity contribution in [3.63, 3.8) is 0 Å². The van der Waals surface area contributed by atoms with Crippen LogP contribution in [-0.4, -0.2) is 22.7 Å². The molecular formula is C15H20N2O4. The molecule has 2 rings (SSSR count). The lowest BCUT2D eigenvalue weighted by molar-refractivity contribution is -0.151.